The van der Waals surface area contributed by atoms with Crippen LogP contribution in [0.2, 0.25) is 0 Å². The molecule has 0 saturated carbocycles. The van der Waals surface area contributed by atoms with Crippen LogP contribution in [0.5, 0.6) is 0 Å². The fraction of sp³-hybridized carbons (Fsp3) is 0.0833. The average molecular weight is 249 g/mol. The Kier molecular flexibility index (Phi) is 2.93. The van der Waals surface area contributed by atoms with Crippen molar-refractivity contribution in [1.82, 2.24) is 0 Å². The molecule has 0 spiro atoms. The lowest BCUT2D eigenvalue weighted by Crippen LogP contribution is -2.30. The minimum atomic E-state index is -1.18. The largest absolute Gasteiger partial charge is 0.478 e. The summed E-state index contributed by atoms with van der Waals surface area (Å²) in [4.78, 5) is 34.4. The van der Waals surface area contributed by atoms with Crippen molar-refractivity contribution in [2.45, 2.75) is 0 Å². The molecule has 0 radical (unpaired) electrons. The van der Waals surface area contributed by atoms with Gasteiger partial charge in [-0.25, -0.2) is 9.18 Å². The van der Waals surface area contributed by atoms with Crippen LogP contribution in [0.1, 0.15) is 10.4 Å². The fourth-order valence-electron chi connectivity index (χ4n) is 1.75. The van der Waals surface area contributed by atoms with Crippen LogP contribution in [-0.4, -0.2) is 29.3 Å². The maximum Gasteiger partial charge on any atom is 0.328 e. The van der Waals surface area contributed by atoms with Crippen molar-refractivity contribution in [2.75, 3.05) is 11.4 Å². The van der Waals surface area contributed by atoms with Gasteiger partial charge in [0.2, 0.25) is 0 Å². The zero-order chi connectivity index (χ0) is 13.3. The highest BCUT2D eigenvalue weighted by Crippen LogP contribution is 2.31. The number of nitrogens with zero attached hydrogens (tertiary/aromatic N) is 1. The zero-order valence-corrected chi connectivity index (χ0v) is 9.09. The van der Waals surface area contributed by atoms with E-state index in [9.17, 15) is 18.8 Å². The summed E-state index contributed by atoms with van der Waals surface area (Å²) in [6.07, 6.45) is 2.01. The summed E-state index contributed by atoms with van der Waals surface area (Å²) in [7, 11) is 0. The molecule has 5 nitrogen and oxygen atoms in total. The number of fused-ring (bicyclic) bond motifs is 1. The molecule has 6 heteroatoms. The van der Waals surface area contributed by atoms with Gasteiger partial charge >= 0.3 is 5.97 Å². The Labute approximate surface area is 101 Å². The van der Waals surface area contributed by atoms with Crippen molar-refractivity contribution in [3.05, 3.63) is 41.7 Å². The first kappa shape index (κ1) is 12.0. The topological polar surface area (TPSA) is 74.7 Å². The van der Waals surface area contributed by atoms with Gasteiger partial charge in [-0.3, -0.25) is 14.5 Å². The van der Waals surface area contributed by atoms with Crippen molar-refractivity contribution in [2.24, 2.45) is 0 Å². The van der Waals surface area contributed by atoms with Crippen LogP contribution in [0.3, 0.4) is 0 Å². The van der Waals surface area contributed by atoms with Crippen LogP contribution in [0.15, 0.2) is 30.4 Å². The van der Waals surface area contributed by atoms with Gasteiger partial charge in [0.1, 0.15) is 5.82 Å². The third kappa shape index (κ3) is 1.88. The second-order valence-corrected chi connectivity index (χ2v) is 3.62. The molecule has 1 N–H and O–H groups in total. The van der Waals surface area contributed by atoms with E-state index in [1.165, 1.54) is 18.2 Å². The number of benzene rings is 1. The number of rotatable bonds is 3. The van der Waals surface area contributed by atoms with Crippen LogP contribution < -0.4 is 4.90 Å². The van der Waals surface area contributed by atoms with Crippen LogP contribution in [0.25, 0.3) is 0 Å². The molecule has 1 aliphatic rings. The first-order chi connectivity index (χ1) is 8.52. The van der Waals surface area contributed by atoms with E-state index in [1.807, 2.05) is 0 Å². The van der Waals surface area contributed by atoms with E-state index in [0.29, 0.717) is 0 Å². The summed E-state index contributed by atoms with van der Waals surface area (Å²) in [5.74, 6) is -3.50. The van der Waals surface area contributed by atoms with E-state index in [-0.39, 0.29) is 17.8 Å². The monoisotopic (exact) mass is 249 g/mol. The van der Waals surface area contributed by atoms with Gasteiger partial charge in [0.25, 0.3) is 11.7 Å². The molecule has 0 atom stereocenters. The number of anilines is 1. The summed E-state index contributed by atoms with van der Waals surface area (Å²) in [6, 6.07) is 3.84. The number of ketones is 1. The van der Waals surface area contributed by atoms with Crippen molar-refractivity contribution in [1.29, 1.82) is 0 Å². The lowest BCUT2D eigenvalue weighted by Gasteiger charge is -2.14. The molecule has 1 aliphatic heterocycles. The van der Waals surface area contributed by atoms with Crippen LogP contribution in [0, 0.1) is 5.82 Å². The van der Waals surface area contributed by atoms with E-state index < -0.39 is 23.5 Å². The minimum Gasteiger partial charge on any atom is -0.478 e. The quantitative estimate of drug-likeness (QED) is 0.640. The first-order valence-corrected chi connectivity index (χ1v) is 5.06. The van der Waals surface area contributed by atoms with Crippen LogP contribution in [0.4, 0.5) is 10.1 Å². The molecule has 0 aliphatic carbocycles. The predicted octanol–water partition coefficient (Wildman–Crippen LogP) is 0.996. The normalized spacial score (nSPS) is 14.4. The number of carboxylic acid groups (broad SMARTS) is 1. The number of aliphatic carboxylic acids is 1. The Morgan fingerprint density at radius 3 is 2.78 bits per heavy atom. The molecule has 92 valence electrons. The van der Waals surface area contributed by atoms with E-state index in [2.05, 4.69) is 0 Å². The number of carbonyl (C=O) groups excluding carboxylic acids is 2. The standard InChI is InChI=1S/C12H8FNO4/c13-8-4-1-3-7-10(8)14(12(18)11(7)17)6-2-5-9(15)16/h1-5H,6H2,(H,15,16)/b5-2+. The average Bonchev–Trinajstić information content (AvgIpc) is 2.55. The summed E-state index contributed by atoms with van der Waals surface area (Å²) < 4.78 is 13.6. The number of Topliss-reactive ketones (excluding diaryl/α,β-unsaturated/α-hetero) is 1. The van der Waals surface area contributed by atoms with Gasteiger partial charge in [-0.05, 0) is 12.1 Å². The second-order valence-electron chi connectivity index (χ2n) is 3.62. The fourth-order valence-corrected chi connectivity index (χ4v) is 1.75. The SMILES string of the molecule is O=C(O)/C=C/CN1C(=O)C(=O)c2cccc(F)c21. The first-order valence-electron chi connectivity index (χ1n) is 5.06. The predicted molar refractivity (Wildman–Crippen MR) is 59.9 cm³/mol. The van der Waals surface area contributed by atoms with Crippen LogP contribution in [-0.2, 0) is 9.59 Å². The third-order valence-electron chi connectivity index (χ3n) is 2.49. The lowest BCUT2D eigenvalue weighted by atomic mass is 10.1. The van der Waals surface area contributed by atoms with Gasteiger partial charge in [-0.15, -0.1) is 0 Å². The second kappa shape index (κ2) is 4.40. The van der Waals surface area contributed by atoms with Gasteiger partial charge in [0.05, 0.1) is 11.3 Å². The van der Waals surface area contributed by atoms with Gasteiger partial charge in [-0.2, -0.15) is 0 Å². The highest BCUT2D eigenvalue weighted by molar-refractivity contribution is 6.52. The van der Waals surface area contributed by atoms with Gasteiger partial charge in [-0.1, -0.05) is 12.1 Å². The third-order valence-corrected chi connectivity index (χ3v) is 2.49. The Morgan fingerprint density at radius 1 is 1.39 bits per heavy atom. The summed E-state index contributed by atoms with van der Waals surface area (Å²) in [5.41, 5.74) is -0.0914. The molecule has 1 amide bonds. The lowest BCUT2D eigenvalue weighted by molar-refractivity contribution is -0.131. The summed E-state index contributed by atoms with van der Waals surface area (Å²) in [6.45, 7) is -0.162. The number of hydrogen-bond acceptors (Lipinski definition) is 3. The van der Waals surface area contributed by atoms with E-state index in [1.54, 1.807) is 0 Å². The number of hydrogen-bond donors (Lipinski definition) is 1. The number of carboxylic acids is 1. The van der Waals surface area contributed by atoms with Crippen LogP contribution >= 0.6 is 0 Å². The summed E-state index contributed by atoms with van der Waals surface area (Å²) in [5, 5.41) is 8.42. The van der Waals surface area contributed by atoms with Crippen molar-refractivity contribution < 1.29 is 23.9 Å². The van der Waals surface area contributed by atoms with Gasteiger partial charge < -0.3 is 5.11 Å². The van der Waals surface area contributed by atoms with Gasteiger partial charge in [0.15, 0.2) is 0 Å². The Morgan fingerprint density at radius 2 is 2.11 bits per heavy atom. The molecule has 0 unspecified atom stereocenters. The Bertz CT molecular complexity index is 579. The van der Waals surface area contributed by atoms with Crippen molar-refractivity contribution >= 4 is 23.3 Å². The zero-order valence-electron chi connectivity index (χ0n) is 9.09. The highest BCUT2D eigenvalue weighted by Gasteiger charge is 2.37. The number of carbonyl (C=O) groups is 3. The molecule has 1 aromatic carbocycles. The Hall–Kier alpha value is -2.50. The molecule has 0 aromatic heterocycles. The maximum absolute atomic E-state index is 13.6. The molecular weight excluding hydrogens is 241 g/mol. The maximum atomic E-state index is 13.6. The van der Waals surface area contributed by atoms with Crippen molar-refractivity contribution in [3.8, 4) is 0 Å². The van der Waals surface area contributed by atoms with Gasteiger partial charge in [0, 0.05) is 12.6 Å². The van der Waals surface area contributed by atoms with Crippen molar-refractivity contribution in [3.63, 3.8) is 0 Å². The molecule has 2 rings (SSSR count). The van der Waals surface area contributed by atoms with E-state index >= 15 is 0 Å². The highest BCUT2D eigenvalue weighted by atomic mass is 19.1. The molecule has 18 heavy (non-hydrogen) atoms. The Balaban J connectivity index is 2.36. The molecular formula is C12H8FNO4. The minimum absolute atomic E-state index is 0.00345. The van der Waals surface area contributed by atoms with E-state index in [0.717, 1.165) is 17.0 Å². The smallest absolute Gasteiger partial charge is 0.328 e. The molecule has 1 aromatic rings. The molecule has 0 saturated heterocycles. The molecule has 0 fully saturated rings. The van der Waals surface area contributed by atoms with E-state index in [4.69, 9.17) is 5.11 Å². The summed E-state index contributed by atoms with van der Waals surface area (Å²) >= 11 is 0. The molecule has 0 bridgehead atoms. The number of para-hydroxylation sites is 1. The number of halogens is 1. The molecule has 1 heterocycles. The number of amides is 1.